The number of hydrogen-bond donors (Lipinski definition) is 1. The first kappa shape index (κ1) is 11.5. The van der Waals surface area contributed by atoms with E-state index in [4.69, 9.17) is 4.74 Å². The predicted octanol–water partition coefficient (Wildman–Crippen LogP) is 1.34. The third kappa shape index (κ3) is 3.00. The molecular weight excluding hydrogens is 202 g/mol. The van der Waals surface area contributed by atoms with Crippen molar-refractivity contribution in [1.29, 1.82) is 0 Å². The average molecular weight is 221 g/mol. The highest BCUT2D eigenvalue weighted by molar-refractivity contribution is 5.05. The molecule has 4 nitrogen and oxygen atoms in total. The first-order valence-electron chi connectivity index (χ1n) is 5.90. The quantitative estimate of drug-likeness (QED) is 0.836. The van der Waals surface area contributed by atoms with Crippen molar-refractivity contribution in [1.82, 2.24) is 15.3 Å². The molecule has 1 aromatic rings. The normalized spacial score (nSPS) is 21.3. The van der Waals surface area contributed by atoms with Crippen LogP contribution in [0.15, 0.2) is 12.3 Å². The highest BCUT2D eigenvalue weighted by Gasteiger charge is 2.18. The van der Waals surface area contributed by atoms with Gasteiger partial charge in [0, 0.05) is 25.0 Å². The van der Waals surface area contributed by atoms with E-state index in [-0.39, 0.29) is 6.10 Å². The number of ether oxygens (including phenoxy) is 1. The maximum absolute atomic E-state index is 5.64. The van der Waals surface area contributed by atoms with Crippen molar-refractivity contribution in [3.63, 3.8) is 0 Å². The van der Waals surface area contributed by atoms with Crippen LogP contribution < -0.4 is 5.32 Å². The van der Waals surface area contributed by atoms with Crippen LogP contribution in [0.25, 0.3) is 0 Å². The zero-order chi connectivity index (χ0) is 11.4. The zero-order valence-corrected chi connectivity index (χ0v) is 9.94. The fourth-order valence-corrected chi connectivity index (χ4v) is 1.83. The molecule has 0 radical (unpaired) electrons. The molecule has 4 heteroatoms. The number of morpholine rings is 1. The van der Waals surface area contributed by atoms with Crippen LogP contribution in [0.4, 0.5) is 0 Å². The van der Waals surface area contributed by atoms with Gasteiger partial charge in [0.05, 0.1) is 6.61 Å². The maximum Gasteiger partial charge on any atom is 0.158 e. The highest BCUT2D eigenvalue weighted by atomic mass is 16.5. The summed E-state index contributed by atoms with van der Waals surface area (Å²) < 4.78 is 5.64. The van der Waals surface area contributed by atoms with Crippen LogP contribution in [0.1, 0.15) is 31.5 Å². The van der Waals surface area contributed by atoms with Crippen LogP contribution in [0.2, 0.25) is 0 Å². The fraction of sp³-hybridized carbons (Fsp3) is 0.667. The highest BCUT2D eigenvalue weighted by Crippen LogP contribution is 2.15. The Morgan fingerprint density at radius 3 is 3.12 bits per heavy atom. The Balaban J connectivity index is 2.08. The van der Waals surface area contributed by atoms with E-state index in [9.17, 15) is 0 Å². The van der Waals surface area contributed by atoms with Crippen LogP contribution in [0, 0.1) is 5.92 Å². The fourth-order valence-electron chi connectivity index (χ4n) is 1.83. The van der Waals surface area contributed by atoms with Crippen LogP contribution in [-0.2, 0) is 11.2 Å². The SMILES string of the molecule is CC(C)Cc1ccnc(C2CNCCO2)n1. The predicted molar refractivity (Wildman–Crippen MR) is 62.1 cm³/mol. The minimum absolute atomic E-state index is 0.0147. The minimum atomic E-state index is 0.0147. The molecule has 2 rings (SSSR count). The van der Waals surface area contributed by atoms with Crippen molar-refractivity contribution in [2.75, 3.05) is 19.7 Å². The number of nitrogens with zero attached hydrogens (tertiary/aromatic N) is 2. The Bertz CT molecular complexity index is 335. The van der Waals surface area contributed by atoms with Gasteiger partial charge in [0.15, 0.2) is 5.82 Å². The van der Waals surface area contributed by atoms with Crippen LogP contribution in [0.3, 0.4) is 0 Å². The molecular formula is C12H19N3O. The van der Waals surface area contributed by atoms with Gasteiger partial charge in [-0.1, -0.05) is 13.8 Å². The number of rotatable bonds is 3. The molecule has 1 aliphatic rings. The molecule has 1 aromatic heterocycles. The second-order valence-corrected chi connectivity index (χ2v) is 4.57. The number of hydrogen-bond acceptors (Lipinski definition) is 4. The largest absolute Gasteiger partial charge is 0.368 e. The van der Waals surface area contributed by atoms with Crippen LogP contribution >= 0.6 is 0 Å². The van der Waals surface area contributed by atoms with Gasteiger partial charge in [0.1, 0.15) is 6.10 Å². The van der Waals surface area contributed by atoms with Gasteiger partial charge in [-0.15, -0.1) is 0 Å². The second-order valence-electron chi connectivity index (χ2n) is 4.57. The van der Waals surface area contributed by atoms with E-state index in [1.165, 1.54) is 0 Å². The second kappa shape index (κ2) is 5.37. The molecule has 0 spiro atoms. The van der Waals surface area contributed by atoms with E-state index in [0.29, 0.717) is 5.92 Å². The monoisotopic (exact) mass is 221 g/mol. The molecule has 16 heavy (non-hydrogen) atoms. The lowest BCUT2D eigenvalue weighted by atomic mass is 10.1. The Morgan fingerprint density at radius 2 is 2.44 bits per heavy atom. The maximum atomic E-state index is 5.64. The Morgan fingerprint density at radius 1 is 1.56 bits per heavy atom. The minimum Gasteiger partial charge on any atom is -0.368 e. The Hall–Kier alpha value is -1.00. The van der Waals surface area contributed by atoms with Crippen molar-refractivity contribution in [3.8, 4) is 0 Å². The number of nitrogens with one attached hydrogen (secondary N) is 1. The van der Waals surface area contributed by atoms with Gasteiger partial charge in [-0.2, -0.15) is 0 Å². The summed E-state index contributed by atoms with van der Waals surface area (Å²) in [4.78, 5) is 8.85. The molecule has 0 bridgehead atoms. The average Bonchev–Trinajstić information content (AvgIpc) is 2.30. The molecule has 88 valence electrons. The summed E-state index contributed by atoms with van der Waals surface area (Å²) in [6, 6.07) is 1.99. The van der Waals surface area contributed by atoms with Gasteiger partial charge < -0.3 is 10.1 Å². The zero-order valence-electron chi connectivity index (χ0n) is 9.94. The van der Waals surface area contributed by atoms with Gasteiger partial charge in [-0.05, 0) is 18.4 Å². The Kier molecular flexibility index (Phi) is 3.85. The van der Waals surface area contributed by atoms with Gasteiger partial charge in [0.2, 0.25) is 0 Å². The third-order valence-electron chi connectivity index (χ3n) is 2.56. The summed E-state index contributed by atoms with van der Waals surface area (Å²) in [5, 5.41) is 3.29. The summed E-state index contributed by atoms with van der Waals surface area (Å²) in [6.45, 7) is 6.86. The van der Waals surface area contributed by atoms with Crippen molar-refractivity contribution >= 4 is 0 Å². The molecule has 1 saturated heterocycles. The van der Waals surface area contributed by atoms with Gasteiger partial charge in [-0.25, -0.2) is 9.97 Å². The first-order chi connectivity index (χ1) is 7.75. The summed E-state index contributed by atoms with van der Waals surface area (Å²) >= 11 is 0. The van der Waals surface area contributed by atoms with Crippen molar-refractivity contribution in [2.24, 2.45) is 5.92 Å². The van der Waals surface area contributed by atoms with E-state index < -0.39 is 0 Å². The molecule has 1 atom stereocenters. The van der Waals surface area contributed by atoms with Crippen LogP contribution in [0.5, 0.6) is 0 Å². The molecule has 0 amide bonds. The summed E-state index contributed by atoms with van der Waals surface area (Å²) in [5.41, 5.74) is 1.11. The van der Waals surface area contributed by atoms with Gasteiger partial charge in [-0.3, -0.25) is 0 Å². The molecule has 2 heterocycles. The molecule has 0 aromatic carbocycles. The molecule has 1 aliphatic heterocycles. The van der Waals surface area contributed by atoms with E-state index in [2.05, 4.69) is 29.1 Å². The standard InChI is InChI=1S/C12H19N3O/c1-9(2)7-10-3-4-14-12(15-10)11-8-13-5-6-16-11/h3-4,9,11,13H,5-8H2,1-2H3. The summed E-state index contributed by atoms with van der Waals surface area (Å²) in [6.07, 6.45) is 2.84. The number of aromatic nitrogens is 2. The van der Waals surface area contributed by atoms with Gasteiger partial charge >= 0.3 is 0 Å². The van der Waals surface area contributed by atoms with Crippen molar-refractivity contribution in [2.45, 2.75) is 26.4 Å². The van der Waals surface area contributed by atoms with E-state index >= 15 is 0 Å². The summed E-state index contributed by atoms with van der Waals surface area (Å²) in [5.74, 6) is 1.43. The molecule has 1 N–H and O–H groups in total. The van der Waals surface area contributed by atoms with Crippen molar-refractivity contribution < 1.29 is 4.74 Å². The lowest BCUT2D eigenvalue weighted by Crippen LogP contribution is -2.34. The third-order valence-corrected chi connectivity index (χ3v) is 2.56. The lowest BCUT2D eigenvalue weighted by molar-refractivity contribution is 0.0219. The van der Waals surface area contributed by atoms with Crippen molar-refractivity contribution in [3.05, 3.63) is 23.8 Å². The van der Waals surface area contributed by atoms with Crippen LogP contribution in [-0.4, -0.2) is 29.7 Å². The summed E-state index contributed by atoms with van der Waals surface area (Å²) in [7, 11) is 0. The molecule has 1 fully saturated rings. The van der Waals surface area contributed by atoms with E-state index in [0.717, 1.165) is 37.6 Å². The Labute approximate surface area is 96.4 Å². The smallest absolute Gasteiger partial charge is 0.158 e. The van der Waals surface area contributed by atoms with E-state index in [1.807, 2.05) is 12.3 Å². The van der Waals surface area contributed by atoms with E-state index in [1.54, 1.807) is 0 Å². The van der Waals surface area contributed by atoms with Gasteiger partial charge in [0.25, 0.3) is 0 Å². The molecule has 0 saturated carbocycles. The first-order valence-corrected chi connectivity index (χ1v) is 5.90. The lowest BCUT2D eigenvalue weighted by Gasteiger charge is -2.22. The topological polar surface area (TPSA) is 47.0 Å². The molecule has 1 unspecified atom stereocenters. The molecule has 0 aliphatic carbocycles.